The van der Waals surface area contributed by atoms with Gasteiger partial charge in [-0.05, 0) is 44.5 Å². The normalized spacial score (nSPS) is 24.0. The van der Waals surface area contributed by atoms with E-state index in [2.05, 4.69) is 0 Å². The second-order valence-corrected chi connectivity index (χ2v) is 7.59. The standard InChI is InChI=1S/C16H21ClN2O4/c1-16(2,3)23-15(21)19-8-10-6-18(7-11(10)9-19)14(20)12-4-5-13(17)22-12/h4-5,10-11H,6-9H2,1-3H3/t10-,11-/m0/s1. The molecule has 2 amide bonds. The van der Waals surface area contributed by atoms with Gasteiger partial charge in [0.1, 0.15) is 5.60 Å². The molecule has 6 nitrogen and oxygen atoms in total. The maximum Gasteiger partial charge on any atom is 0.410 e. The maximum atomic E-state index is 12.4. The number of hydrogen-bond acceptors (Lipinski definition) is 4. The Kier molecular flexibility index (Phi) is 4.04. The molecule has 2 saturated heterocycles. The molecule has 0 saturated carbocycles. The molecule has 2 atom stereocenters. The lowest BCUT2D eigenvalue weighted by molar-refractivity contribution is 0.0275. The first-order chi connectivity index (χ1) is 10.7. The highest BCUT2D eigenvalue weighted by molar-refractivity contribution is 6.29. The van der Waals surface area contributed by atoms with Crippen LogP contribution in [0.1, 0.15) is 31.3 Å². The zero-order valence-corrected chi connectivity index (χ0v) is 14.3. The van der Waals surface area contributed by atoms with Gasteiger partial charge < -0.3 is 19.0 Å². The number of likely N-dealkylation sites (tertiary alicyclic amines) is 2. The molecule has 2 aliphatic heterocycles. The molecule has 0 spiro atoms. The van der Waals surface area contributed by atoms with Crippen molar-refractivity contribution in [3.05, 3.63) is 23.1 Å². The zero-order valence-electron chi connectivity index (χ0n) is 13.5. The van der Waals surface area contributed by atoms with Crippen LogP contribution in [0.3, 0.4) is 0 Å². The Morgan fingerprint density at radius 3 is 2.17 bits per heavy atom. The topological polar surface area (TPSA) is 63.0 Å². The lowest BCUT2D eigenvalue weighted by atomic mass is 10.0. The van der Waals surface area contributed by atoms with Crippen molar-refractivity contribution in [1.29, 1.82) is 0 Å². The summed E-state index contributed by atoms with van der Waals surface area (Å²) in [6.45, 7) is 8.08. The minimum Gasteiger partial charge on any atom is -0.444 e. The first-order valence-electron chi connectivity index (χ1n) is 7.75. The summed E-state index contributed by atoms with van der Waals surface area (Å²) in [7, 11) is 0. The molecule has 0 N–H and O–H groups in total. The highest BCUT2D eigenvalue weighted by Gasteiger charge is 2.44. The van der Waals surface area contributed by atoms with Crippen LogP contribution >= 0.6 is 11.6 Å². The number of amides is 2. The summed E-state index contributed by atoms with van der Waals surface area (Å²) >= 11 is 5.72. The Hall–Kier alpha value is -1.69. The van der Waals surface area contributed by atoms with Gasteiger partial charge >= 0.3 is 6.09 Å². The molecule has 0 aliphatic carbocycles. The second kappa shape index (κ2) is 5.74. The first-order valence-corrected chi connectivity index (χ1v) is 8.13. The highest BCUT2D eigenvalue weighted by atomic mass is 35.5. The average molecular weight is 341 g/mol. The summed E-state index contributed by atoms with van der Waals surface area (Å²) in [5, 5.41) is 0.212. The van der Waals surface area contributed by atoms with E-state index in [1.54, 1.807) is 21.9 Å². The van der Waals surface area contributed by atoms with Gasteiger partial charge in [-0.2, -0.15) is 0 Å². The number of furan rings is 1. The summed E-state index contributed by atoms with van der Waals surface area (Å²) in [6.07, 6.45) is -0.275. The number of rotatable bonds is 1. The van der Waals surface area contributed by atoms with E-state index in [9.17, 15) is 9.59 Å². The summed E-state index contributed by atoms with van der Waals surface area (Å²) in [5.74, 6) is 0.697. The number of hydrogen-bond donors (Lipinski definition) is 0. The monoisotopic (exact) mass is 340 g/mol. The van der Waals surface area contributed by atoms with Gasteiger partial charge in [-0.15, -0.1) is 0 Å². The van der Waals surface area contributed by atoms with Crippen LogP contribution in [0.25, 0.3) is 0 Å². The van der Waals surface area contributed by atoms with Crippen molar-refractivity contribution >= 4 is 23.6 Å². The van der Waals surface area contributed by atoms with Crippen LogP contribution < -0.4 is 0 Å². The van der Waals surface area contributed by atoms with Crippen LogP contribution in [0.15, 0.2) is 16.5 Å². The van der Waals surface area contributed by atoms with E-state index >= 15 is 0 Å². The minimum absolute atomic E-state index is 0.143. The summed E-state index contributed by atoms with van der Waals surface area (Å²) < 4.78 is 10.6. The quantitative estimate of drug-likeness (QED) is 0.788. The van der Waals surface area contributed by atoms with Crippen LogP contribution in [0.2, 0.25) is 5.22 Å². The molecule has 1 aromatic heterocycles. The molecular weight excluding hydrogens is 320 g/mol. The lowest BCUT2D eigenvalue weighted by Gasteiger charge is -2.25. The van der Waals surface area contributed by atoms with Gasteiger partial charge in [-0.25, -0.2) is 4.79 Å². The Bertz CT molecular complexity index is 608. The van der Waals surface area contributed by atoms with Crippen LogP contribution in [-0.4, -0.2) is 53.6 Å². The van der Waals surface area contributed by atoms with Crippen LogP contribution in [0.4, 0.5) is 4.79 Å². The number of nitrogens with zero attached hydrogens (tertiary/aromatic N) is 2. The predicted molar refractivity (Wildman–Crippen MR) is 84.4 cm³/mol. The zero-order chi connectivity index (χ0) is 16.8. The predicted octanol–water partition coefficient (Wildman–Crippen LogP) is 2.87. The van der Waals surface area contributed by atoms with Gasteiger partial charge in [0.15, 0.2) is 11.0 Å². The fourth-order valence-corrected chi connectivity index (χ4v) is 3.37. The second-order valence-electron chi connectivity index (χ2n) is 7.22. The molecule has 0 bridgehead atoms. The molecule has 3 rings (SSSR count). The molecule has 0 aromatic carbocycles. The molecule has 1 aromatic rings. The molecule has 23 heavy (non-hydrogen) atoms. The summed E-state index contributed by atoms with van der Waals surface area (Å²) in [5.41, 5.74) is -0.491. The Balaban J connectivity index is 1.57. The number of halogens is 1. The Morgan fingerprint density at radius 1 is 1.13 bits per heavy atom. The fourth-order valence-electron chi connectivity index (χ4n) is 3.22. The molecule has 2 fully saturated rings. The summed E-state index contributed by atoms with van der Waals surface area (Å²) in [6, 6.07) is 3.15. The van der Waals surface area contributed by atoms with E-state index in [1.165, 1.54) is 0 Å². The molecule has 2 aliphatic rings. The molecular formula is C16H21ClN2O4. The molecule has 3 heterocycles. The fraction of sp³-hybridized carbons (Fsp3) is 0.625. The van der Waals surface area contributed by atoms with E-state index in [0.717, 1.165) is 0 Å². The van der Waals surface area contributed by atoms with Crippen LogP contribution in [-0.2, 0) is 4.74 Å². The van der Waals surface area contributed by atoms with Crippen molar-refractivity contribution in [2.24, 2.45) is 11.8 Å². The third kappa shape index (κ3) is 3.47. The average Bonchev–Trinajstić information content (AvgIpc) is 3.08. The number of ether oxygens (including phenoxy) is 1. The minimum atomic E-state index is -0.491. The Morgan fingerprint density at radius 2 is 1.70 bits per heavy atom. The number of carbonyl (C=O) groups excluding carboxylic acids is 2. The largest absolute Gasteiger partial charge is 0.444 e. The van der Waals surface area contributed by atoms with Crippen molar-refractivity contribution in [2.75, 3.05) is 26.2 Å². The van der Waals surface area contributed by atoms with E-state index in [-0.39, 0.29) is 34.8 Å². The van der Waals surface area contributed by atoms with E-state index < -0.39 is 5.60 Å². The maximum absolute atomic E-state index is 12.4. The van der Waals surface area contributed by atoms with Crippen molar-refractivity contribution in [1.82, 2.24) is 9.80 Å². The first kappa shape index (κ1) is 16.2. The van der Waals surface area contributed by atoms with E-state index in [4.69, 9.17) is 20.8 Å². The smallest absolute Gasteiger partial charge is 0.410 e. The van der Waals surface area contributed by atoms with Crippen molar-refractivity contribution in [3.63, 3.8) is 0 Å². The van der Waals surface area contributed by atoms with Crippen molar-refractivity contribution in [3.8, 4) is 0 Å². The van der Waals surface area contributed by atoms with E-state index in [1.807, 2.05) is 20.8 Å². The third-order valence-electron chi connectivity index (χ3n) is 4.21. The molecule has 0 unspecified atom stereocenters. The summed E-state index contributed by atoms with van der Waals surface area (Å²) in [4.78, 5) is 28.0. The van der Waals surface area contributed by atoms with Gasteiger partial charge in [0.2, 0.25) is 0 Å². The van der Waals surface area contributed by atoms with Crippen LogP contribution in [0, 0.1) is 11.8 Å². The van der Waals surface area contributed by atoms with Gasteiger partial charge in [0.05, 0.1) is 0 Å². The molecule has 7 heteroatoms. The SMILES string of the molecule is CC(C)(C)OC(=O)N1C[C@@H]2CN(C(=O)c3ccc(Cl)o3)C[C@H]2C1. The lowest BCUT2D eigenvalue weighted by Crippen LogP contribution is -2.38. The van der Waals surface area contributed by atoms with Gasteiger partial charge in [-0.3, -0.25) is 4.79 Å². The number of carbonyl (C=O) groups is 2. The van der Waals surface area contributed by atoms with Crippen LogP contribution in [0.5, 0.6) is 0 Å². The van der Waals surface area contributed by atoms with Gasteiger partial charge in [-0.1, -0.05) is 0 Å². The highest BCUT2D eigenvalue weighted by Crippen LogP contribution is 2.33. The van der Waals surface area contributed by atoms with E-state index in [0.29, 0.717) is 26.2 Å². The van der Waals surface area contributed by atoms with Gasteiger partial charge in [0, 0.05) is 38.0 Å². The van der Waals surface area contributed by atoms with Crippen molar-refractivity contribution in [2.45, 2.75) is 26.4 Å². The molecule has 126 valence electrons. The molecule has 0 radical (unpaired) electrons. The third-order valence-corrected chi connectivity index (χ3v) is 4.41. The Labute approximate surface area is 140 Å². The number of fused-ring (bicyclic) bond motifs is 1. The van der Waals surface area contributed by atoms with Gasteiger partial charge in [0.25, 0.3) is 5.91 Å². The van der Waals surface area contributed by atoms with Crippen molar-refractivity contribution < 1.29 is 18.7 Å².